The molecule has 5 heteroatoms. The van der Waals surface area contributed by atoms with Gasteiger partial charge in [-0.1, -0.05) is 0 Å². The Morgan fingerprint density at radius 3 is 2.43 bits per heavy atom. The van der Waals surface area contributed by atoms with Crippen LogP contribution in [0.1, 0.15) is 25.7 Å². The second kappa shape index (κ2) is 5.17. The number of hydrogen-bond acceptors (Lipinski definition) is 3. The van der Waals surface area contributed by atoms with Gasteiger partial charge in [-0.05, 0) is 31.6 Å². The molecular weight excluding hydrogens is 182 g/mol. The zero-order valence-corrected chi connectivity index (χ0v) is 8.28. The summed E-state index contributed by atoms with van der Waals surface area (Å²) in [5.41, 5.74) is 11.3. The third-order valence-electron chi connectivity index (χ3n) is 2.98. The van der Waals surface area contributed by atoms with Crippen molar-refractivity contribution >= 4 is 6.09 Å². The van der Waals surface area contributed by atoms with Crippen LogP contribution in [0.5, 0.6) is 0 Å². The Balaban J connectivity index is 2.27. The molecule has 6 N–H and O–H groups in total. The average Bonchev–Trinajstić information content (AvgIpc) is 2.17. The maximum absolute atomic E-state index is 10.4. The van der Waals surface area contributed by atoms with E-state index in [-0.39, 0.29) is 12.1 Å². The minimum atomic E-state index is -0.934. The van der Waals surface area contributed by atoms with Gasteiger partial charge in [0.25, 0.3) is 0 Å². The van der Waals surface area contributed by atoms with Crippen molar-refractivity contribution in [3.05, 3.63) is 0 Å². The summed E-state index contributed by atoms with van der Waals surface area (Å²) in [5, 5.41) is 11.0. The Morgan fingerprint density at radius 1 is 1.43 bits per heavy atom. The van der Waals surface area contributed by atoms with E-state index in [1.807, 2.05) is 0 Å². The first-order valence-electron chi connectivity index (χ1n) is 5.08. The van der Waals surface area contributed by atoms with Crippen LogP contribution >= 0.6 is 0 Å². The van der Waals surface area contributed by atoms with E-state index in [0.717, 1.165) is 25.7 Å². The second-order valence-corrected chi connectivity index (χ2v) is 3.96. The molecule has 14 heavy (non-hydrogen) atoms. The Labute approximate surface area is 83.8 Å². The van der Waals surface area contributed by atoms with Crippen LogP contribution in [-0.4, -0.2) is 29.8 Å². The topological polar surface area (TPSA) is 101 Å². The fourth-order valence-corrected chi connectivity index (χ4v) is 2.06. The van der Waals surface area contributed by atoms with Crippen LogP contribution in [0, 0.1) is 5.92 Å². The third kappa shape index (κ3) is 3.16. The van der Waals surface area contributed by atoms with E-state index in [0.29, 0.717) is 12.5 Å². The molecule has 0 aromatic rings. The molecular formula is C9H19N3O2. The van der Waals surface area contributed by atoms with Crippen molar-refractivity contribution in [2.24, 2.45) is 17.4 Å². The summed E-state index contributed by atoms with van der Waals surface area (Å²) in [6.45, 7) is 0.516. The van der Waals surface area contributed by atoms with Gasteiger partial charge in [-0.15, -0.1) is 0 Å². The van der Waals surface area contributed by atoms with Gasteiger partial charge in [-0.25, -0.2) is 4.79 Å². The summed E-state index contributed by atoms with van der Waals surface area (Å²) in [4.78, 5) is 10.4. The highest BCUT2D eigenvalue weighted by atomic mass is 16.4. The minimum Gasteiger partial charge on any atom is -0.465 e. The summed E-state index contributed by atoms with van der Waals surface area (Å²) < 4.78 is 0. The van der Waals surface area contributed by atoms with Crippen molar-refractivity contribution in [1.29, 1.82) is 0 Å². The lowest BCUT2D eigenvalue weighted by Crippen LogP contribution is -2.43. The van der Waals surface area contributed by atoms with Crippen molar-refractivity contribution in [1.82, 2.24) is 5.32 Å². The maximum Gasteiger partial charge on any atom is 0.404 e. The van der Waals surface area contributed by atoms with Gasteiger partial charge >= 0.3 is 6.09 Å². The molecule has 1 amide bonds. The summed E-state index contributed by atoms with van der Waals surface area (Å²) in [6.07, 6.45) is 2.78. The van der Waals surface area contributed by atoms with Gasteiger partial charge < -0.3 is 21.9 Å². The van der Waals surface area contributed by atoms with Crippen molar-refractivity contribution in [2.45, 2.75) is 37.8 Å². The van der Waals surface area contributed by atoms with Crippen LogP contribution in [0.15, 0.2) is 0 Å². The van der Waals surface area contributed by atoms with Crippen LogP contribution in [0.4, 0.5) is 4.79 Å². The van der Waals surface area contributed by atoms with E-state index < -0.39 is 6.09 Å². The number of nitrogens with one attached hydrogen (secondary N) is 1. The van der Waals surface area contributed by atoms with E-state index in [9.17, 15) is 4.79 Å². The van der Waals surface area contributed by atoms with E-state index in [1.54, 1.807) is 0 Å². The lowest BCUT2D eigenvalue weighted by atomic mass is 9.82. The molecule has 0 aromatic heterocycles. The molecule has 1 atom stereocenters. The summed E-state index contributed by atoms with van der Waals surface area (Å²) in [6, 6.07) is 0.175. The van der Waals surface area contributed by atoms with Gasteiger partial charge in [0.15, 0.2) is 0 Å². The zero-order chi connectivity index (χ0) is 10.6. The largest absolute Gasteiger partial charge is 0.465 e. The molecule has 0 bridgehead atoms. The molecule has 0 aromatic carbocycles. The Bertz CT molecular complexity index is 190. The maximum atomic E-state index is 10.4. The van der Waals surface area contributed by atoms with E-state index in [4.69, 9.17) is 16.6 Å². The summed E-state index contributed by atoms with van der Waals surface area (Å²) in [5.74, 6) is 0.465. The summed E-state index contributed by atoms with van der Waals surface area (Å²) >= 11 is 0. The second-order valence-electron chi connectivity index (χ2n) is 3.96. The molecule has 1 saturated carbocycles. The molecule has 0 spiro atoms. The molecule has 1 aliphatic rings. The van der Waals surface area contributed by atoms with E-state index >= 15 is 0 Å². The number of rotatable bonds is 3. The average molecular weight is 201 g/mol. The number of carboxylic acid groups (broad SMARTS) is 1. The Morgan fingerprint density at radius 2 is 2.00 bits per heavy atom. The lowest BCUT2D eigenvalue weighted by Gasteiger charge is -2.31. The number of nitrogens with two attached hydrogens (primary N) is 2. The van der Waals surface area contributed by atoms with Crippen molar-refractivity contribution < 1.29 is 9.90 Å². The van der Waals surface area contributed by atoms with Gasteiger partial charge in [0.2, 0.25) is 0 Å². The predicted molar refractivity (Wildman–Crippen MR) is 53.9 cm³/mol. The summed E-state index contributed by atoms with van der Waals surface area (Å²) in [7, 11) is 0. The van der Waals surface area contributed by atoms with Crippen molar-refractivity contribution in [2.75, 3.05) is 6.54 Å². The fourth-order valence-electron chi connectivity index (χ4n) is 2.06. The van der Waals surface area contributed by atoms with Crippen LogP contribution in [0.25, 0.3) is 0 Å². The predicted octanol–water partition coefficient (Wildman–Crippen LogP) is 0.0988. The van der Waals surface area contributed by atoms with E-state index in [2.05, 4.69) is 5.32 Å². The van der Waals surface area contributed by atoms with Gasteiger partial charge in [0, 0.05) is 18.6 Å². The van der Waals surface area contributed by atoms with Crippen LogP contribution in [0.2, 0.25) is 0 Å². The van der Waals surface area contributed by atoms with Crippen molar-refractivity contribution in [3.8, 4) is 0 Å². The Kier molecular flexibility index (Phi) is 4.16. The molecule has 82 valence electrons. The third-order valence-corrected chi connectivity index (χ3v) is 2.98. The van der Waals surface area contributed by atoms with Gasteiger partial charge in [-0.3, -0.25) is 0 Å². The molecule has 0 saturated heterocycles. The standard InChI is InChI=1S/C9H19N3O2/c10-5-8(11)6-1-3-7(4-2-6)12-9(13)14/h6-8,12H,1-5,10-11H2,(H,13,14). The van der Waals surface area contributed by atoms with E-state index in [1.165, 1.54) is 0 Å². The lowest BCUT2D eigenvalue weighted by molar-refractivity contribution is 0.180. The van der Waals surface area contributed by atoms with Crippen LogP contribution < -0.4 is 16.8 Å². The molecule has 0 heterocycles. The quantitative estimate of drug-likeness (QED) is 0.520. The first-order valence-corrected chi connectivity index (χ1v) is 5.08. The highest BCUT2D eigenvalue weighted by Gasteiger charge is 2.25. The van der Waals surface area contributed by atoms with Gasteiger partial charge in [-0.2, -0.15) is 0 Å². The minimum absolute atomic E-state index is 0.0702. The molecule has 1 fully saturated rings. The van der Waals surface area contributed by atoms with Crippen molar-refractivity contribution in [3.63, 3.8) is 0 Å². The number of amides is 1. The Hall–Kier alpha value is -0.810. The van der Waals surface area contributed by atoms with Gasteiger partial charge in [0.05, 0.1) is 0 Å². The zero-order valence-electron chi connectivity index (χ0n) is 8.28. The van der Waals surface area contributed by atoms with Gasteiger partial charge in [0.1, 0.15) is 0 Å². The van der Waals surface area contributed by atoms with Crippen LogP contribution in [-0.2, 0) is 0 Å². The van der Waals surface area contributed by atoms with Crippen LogP contribution in [0.3, 0.4) is 0 Å². The number of carbonyl (C=O) groups is 1. The SMILES string of the molecule is NCC(N)C1CCC(NC(=O)O)CC1. The monoisotopic (exact) mass is 201 g/mol. The molecule has 0 radical (unpaired) electrons. The first kappa shape index (κ1) is 11.3. The smallest absolute Gasteiger partial charge is 0.404 e. The number of hydrogen-bond donors (Lipinski definition) is 4. The normalized spacial score (nSPS) is 29.6. The molecule has 5 nitrogen and oxygen atoms in total. The molecule has 0 aliphatic heterocycles. The highest BCUT2D eigenvalue weighted by molar-refractivity contribution is 5.64. The molecule has 1 rings (SSSR count). The highest BCUT2D eigenvalue weighted by Crippen LogP contribution is 2.25. The molecule has 1 unspecified atom stereocenters. The fraction of sp³-hybridized carbons (Fsp3) is 0.889. The molecule has 1 aliphatic carbocycles. The first-order chi connectivity index (χ1) is 6.63.